The van der Waals surface area contributed by atoms with Gasteiger partial charge in [-0.15, -0.1) is 0 Å². The summed E-state index contributed by atoms with van der Waals surface area (Å²) in [6, 6.07) is 14.4. The van der Waals surface area contributed by atoms with E-state index in [0.717, 1.165) is 36.9 Å². The number of nitrogens with zero attached hydrogens (tertiary/aromatic N) is 2. The van der Waals surface area contributed by atoms with Crippen molar-refractivity contribution in [2.75, 3.05) is 5.32 Å². The fraction of sp³-hybridized carbons (Fsp3) is 0.370. The van der Waals surface area contributed by atoms with Crippen LogP contribution in [0.3, 0.4) is 0 Å². The van der Waals surface area contributed by atoms with Gasteiger partial charge in [0.15, 0.2) is 5.02 Å². The van der Waals surface area contributed by atoms with Crippen LogP contribution in [-0.4, -0.2) is 30.9 Å². The molecule has 1 saturated carbocycles. The molecule has 0 bridgehead atoms. The lowest BCUT2D eigenvalue weighted by Crippen LogP contribution is -3.00. The number of alkyl halides is 3. The molecule has 1 fully saturated rings. The molecule has 0 saturated heterocycles. The molecular weight excluding hydrogens is 698 g/mol. The molecule has 1 N–H and O–H groups in total. The highest BCUT2D eigenvalue weighted by atomic mass is 127. The van der Waals surface area contributed by atoms with Crippen LogP contribution >= 0.6 is 11.6 Å². The topological polar surface area (TPSA) is 98.5 Å². The summed E-state index contributed by atoms with van der Waals surface area (Å²) in [4.78, 5) is 16.7. The number of hydrogen-bond donors (Lipinski definition) is 1. The summed E-state index contributed by atoms with van der Waals surface area (Å²) in [5.74, 6) is -0.128. The van der Waals surface area contributed by atoms with Gasteiger partial charge in [0.1, 0.15) is 11.4 Å². The molecule has 2 aromatic carbocycles. The van der Waals surface area contributed by atoms with E-state index >= 15 is 0 Å². The second-order valence-corrected chi connectivity index (χ2v) is 11.3. The summed E-state index contributed by atoms with van der Waals surface area (Å²) in [7, 11) is -5.70. The smallest absolute Gasteiger partial charge is 0.534 e. The minimum Gasteiger partial charge on any atom is -1.00 e. The van der Waals surface area contributed by atoms with Gasteiger partial charge in [-0.25, -0.2) is 4.79 Å². The number of anilines is 1. The zero-order valence-electron chi connectivity index (χ0n) is 21.9. The molecule has 3 aromatic rings. The van der Waals surface area contributed by atoms with E-state index in [1.165, 1.54) is 12.1 Å². The molecule has 0 radical (unpaired) electrons. The van der Waals surface area contributed by atoms with Crippen LogP contribution in [0.2, 0.25) is 5.02 Å². The Hall–Kier alpha value is -2.65. The maximum atomic E-state index is 12.5. The summed E-state index contributed by atoms with van der Waals surface area (Å²) in [5.41, 5.74) is -3.37. The Balaban J connectivity index is 0.00000462. The molecule has 222 valence electrons. The average molecular weight is 726 g/mol. The highest BCUT2D eigenvalue weighted by molar-refractivity contribution is 7.88. The monoisotopic (exact) mass is 725 g/mol. The number of halogens is 5. The molecular formula is C27H28ClF3IN3O5S. The quantitative estimate of drug-likeness (QED) is 0.119. The molecule has 0 spiro atoms. The van der Waals surface area contributed by atoms with Crippen LogP contribution in [0.5, 0.6) is 5.75 Å². The lowest BCUT2D eigenvalue weighted by Gasteiger charge is -2.29. The van der Waals surface area contributed by atoms with Crippen molar-refractivity contribution in [1.82, 2.24) is 4.98 Å². The number of benzene rings is 2. The molecule has 1 aliphatic rings. The van der Waals surface area contributed by atoms with Gasteiger partial charge in [0, 0.05) is 12.5 Å². The molecule has 8 nitrogen and oxygen atoms in total. The van der Waals surface area contributed by atoms with Crippen LogP contribution in [0.4, 0.5) is 19.0 Å². The molecule has 4 rings (SSSR count). The number of nitrogens with one attached hydrogen (secondary N) is 1. The molecule has 0 unspecified atom stereocenters. The van der Waals surface area contributed by atoms with Gasteiger partial charge in [0.05, 0.1) is 5.56 Å². The van der Waals surface area contributed by atoms with Gasteiger partial charge < -0.3 is 38.2 Å². The van der Waals surface area contributed by atoms with Gasteiger partial charge in [0.25, 0.3) is 12.1 Å². The van der Waals surface area contributed by atoms with E-state index in [2.05, 4.69) is 14.5 Å². The Morgan fingerprint density at radius 2 is 1.71 bits per heavy atom. The Morgan fingerprint density at radius 1 is 1.07 bits per heavy atom. The Morgan fingerprint density at radius 3 is 2.29 bits per heavy atom. The molecule has 0 amide bonds. The SMILES string of the molecule is CCc1c(Cl)c(NC2CCC(c3ccc(OS(=O)(=O)C(F)(F)F)cc3)CC2)nc[n+]1COC(=O)c1ccccc1.[I-]. The molecule has 1 heterocycles. The Kier molecular flexibility index (Phi) is 11.2. The normalized spacial score (nSPS) is 17.3. The van der Waals surface area contributed by atoms with E-state index in [0.29, 0.717) is 22.8 Å². The summed E-state index contributed by atoms with van der Waals surface area (Å²) in [5, 5.41) is 3.86. The van der Waals surface area contributed by atoms with Crippen molar-refractivity contribution in [1.29, 1.82) is 0 Å². The number of esters is 1. The third kappa shape index (κ3) is 8.22. The van der Waals surface area contributed by atoms with Crippen molar-refractivity contribution in [2.45, 2.75) is 63.2 Å². The van der Waals surface area contributed by atoms with E-state index in [-0.39, 0.29) is 48.4 Å². The number of aromatic nitrogens is 2. The fourth-order valence-corrected chi connectivity index (χ4v) is 5.41. The number of carbonyl (C=O) groups excluding carboxylic acids is 1. The van der Waals surface area contributed by atoms with Crippen molar-refractivity contribution in [2.24, 2.45) is 0 Å². The molecule has 0 aliphatic heterocycles. The molecule has 1 aromatic heterocycles. The first-order valence-corrected chi connectivity index (χ1v) is 14.4. The van der Waals surface area contributed by atoms with Crippen molar-refractivity contribution in [3.8, 4) is 5.75 Å². The second kappa shape index (κ2) is 14.0. The van der Waals surface area contributed by atoms with Crippen LogP contribution in [0.1, 0.15) is 60.1 Å². The Bertz CT molecular complexity index is 1440. The molecule has 1 aliphatic carbocycles. The standard InChI is InChI=1S/C27H27ClF3N3O5S.HI/c1-2-23-24(28)25(32-16-34(23)17-38-26(35)20-6-4-3-5-7-20)33-21-12-8-18(9-13-21)19-10-14-22(15-11-19)39-40(36,37)27(29,30)31;/h3-7,10-11,14-16,18,21H,2,8-9,12-13,17H2,1H3;1H. The lowest BCUT2D eigenvalue weighted by atomic mass is 9.82. The highest BCUT2D eigenvalue weighted by Crippen LogP contribution is 2.36. The van der Waals surface area contributed by atoms with E-state index in [1.807, 2.05) is 13.0 Å². The average Bonchev–Trinajstić information content (AvgIpc) is 2.93. The summed E-state index contributed by atoms with van der Waals surface area (Å²) >= 11 is 6.67. The maximum absolute atomic E-state index is 12.5. The van der Waals surface area contributed by atoms with E-state index < -0.39 is 21.6 Å². The van der Waals surface area contributed by atoms with Gasteiger partial charge in [0.2, 0.25) is 6.73 Å². The molecule has 14 heteroatoms. The van der Waals surface area contributed by atoms with Gasteiger partial charge in [-0.1, -0.05) is 48.9 Å². The number of ether oxygens (including phenoxy) is 1. The van der Waals surface area contributed by atoms with Crippen molar-refractivity contribution in [3.05, 3.63) is 82.8 Å². The first kappa shape index (κ1) is 32.9. The van der Waals surface area contributed by atoms with Crippen LogP contribution in [0.15, 0.2) is 60.9 Å². The largest absolute Gasteiger partial charge is 1.00 e. The van der Waals surface area contributed by atoms with Crippen molar-refractivity contribution in [3.63, 3.8) is 0 Å². The highest BCUT2D eigenvalue weighted by Gasteiger charge is 2.48. The summed E-state index contributed by atoms with van der Waals surface area (Å²) in [6.45, 7) is 1.92. The van der Waals surface area contributed by atoms with Gasteiger partial charge >= 0.3 is 21.6 Å². The number of hydrogen-bond acceptors (Lipinski definition) is 7. The molecule has 41 heavy (non-hydrogen) atoms. The van der Waals surface area contributed by atoms with E-state index in [4.69, 9.17) is 16.3 Å². The third-order valence-corrected chi connectivity index (χ3v) is 8.10. The summed E-state index contributed by atoms with van der Waals surface area (Å²) < 4.78 is 71.3. The second-order valence-electron chi connectivity index (χ2n) is 9.35. The van der Waals surface area contributed by atoms with Gasteiger partial charge in [-0.3, -0.25) is 0 Å². The van der Waals surface area contributed by atoms with E-state index in [9.17, 15) is 26.4 Å². The predicted molar refractivity (Wildman–Crippen MR) is 141 cm³/mol. The van der Waals surface area contributed by atoms with Crippen LogP contribution in [0.25, 0.3) is 0 Å². The minimum absolute atomic E-state index is 0. The van der Waals surface area contributed by atoms with Crippen molar-refractivity contribution < 1.29 is 63.8 Å². The van der Waals surface area contributed by atoms with Crippen LogP contribution in [0, 0.1) is 0 Å². The molecule has 0 atom stereocenters. The first-order chi connectivity index (χ1) is 19.0. The Labute approximate surface area is 258 Å². The van der Waals surface area contributed by atoms with Crippen LogP contribution < -0.4 is 38.0 Å². The van der Waals surface area contributed by atoms with Crippen LogP contribution in [-0.2, 0) is 28.0 Å². The van der Waals surface area contributed by atoms with Gasteiger partial charge in [-0.05, 0) is 66.4 Å². The number of rotatable bonds is 9. The zero-order valence-corrected chi connectivity index (χ0v) is 25.6. The third-order valence-electron chi connectivity index (χ3n) is 6.72. The number of carbonyl (C=O) groups is 1. The fourth-order valence-electron chi connectivity index (χ4n) is 4.61. The lowest BCUT2D eigenvalue weighted by molar-refractivity contribution is -0.736. The summed E-state index contributed by atoms with van der Waals surface area (Å²) in [6.07, 6.45) is 5.39. The van der Waals surface area contributed by atoms with E-state index in [1.54, 1.807) is 47.3 Å². The minimum atomic E-state index is -5.70. The first-order valence-electron chi connectivity index (χ1n) is 12.6. The van der Waals surface area contributed by atoms with Crippen molar-refractivity contribution >= 4 is 33.5 Å². The predicted octanol–water partition coefficient (Wildman–Crippen LogP) is 2.77. The maximum Gasteiger partial charge on any atom is 0.534 e. The van der Waals surface area contributed by atoms with Gasteiger partial charge in [-0.2, -0.15) is 26.2 Å². The zero-order chi connectivity index (χ0) is 28.9.